The predicted molar refractivity (Wildman–Crippen MR) is 88.4 cm³/mol. The van der Waals surface area contributed by atoms with Gasteiger partial charge in [0.1, 0.15) is 0 Å². The van der Waals surface area contributed by atoms with Crippen LogP contribution in [0.2, 0.25) is 0 Å². The van der Waals surface area contributed by atoms with Crippen molar-refractivity contribution in [3.05, 3.63) is 35.4 Å². The number of carbonyl (C=O) groups is 2. The third-order valence-corrected chi connectivity index (χ3v) is 3.53. The van der Waals surface area contributed by atoms with Gasteiger partial charge >= 0.3 is 0 Å². The molecule has 1 aromatic carbocycles. The zero-order chi connectivity index (χ0) is 16.5. The van der Waals surface area contributed by atoms with E-state index in [1.807, 2.05) is 26.0 Å². The molecular weight excluding hydrogens is 278 g/mol. The molecule has 0 heterocycles. The van der Waals surface area contributed by atoms with E-state index in [-0.39, 0.29) is 17.9 Å². The summed E-state index contributed by atoms with van der Waals surface area (Å²) in [6.07, 6.45) is 2.59. The number of benzene rings is 1. The lowest BCUT2D eigenvalue weighted by molar-refractivity contribution is -0.122. The number of nitrogens with two attached hydrogens (primary N) is 1. The molecule has 5 nitrogen and oxygen atoms in total. The number of carbonyl (C=O) groups excluding carboxylic acids is 2. The average Bonchev–Trinajstić information content (AvgIpc) is 2.52. The van der Waals surface area contributed by atoms with Crippen molar-refractivity contribution in [3.8, 4) is 0 Å². The highest BCUT2D eigenvalue weighted by molar-refractivity contribution is 5.94. The van der Waals surface area contributed by atoms with E-state index >= 15 is 0 Å². The van der Waals surface area contributed by atoms with Crippen LogP contribution in [0.5, 0.6) is 0 Å². The fraction of sp³-hybridized carbons (Fsp3) is 0.529. The predicted octanol–water partition coefficient (Wildman–Crippen LogP) is 1.96. The Bertz CT molecular complexity index is 502. The Kier molecular flexibility index (Phi) is 7.60. The first-order chi connectivity index (χ1) is 10.5. The average molecular weight is 305 g/mol. The minimum absolute atomic E-state index is 0.0839. The topological polar surface area (TPSA) is 84.2 Å². The van der Waals surface area contributed by atoms with Crippen molar-refractivity contribution in [2.45, 2.75) is 58.7 Å². The highest BCUT2D eigenvalue weighted by atomic mass is 16.2. The molecule has 0 aromatic heterocycles. The first kappa shape index (κ1) is 18.2. The molecule has 0 bridgehead atoms. The number of rotatable bonds is 8. The van der Waals surface area contributed by atoms with Gasteiger partial charge in [-0.3, -0.25) is 9.59 Å². The van der Waals surface area contributed by atoms with E-state index in [0.717, 1.165) is 18.4 Å². The van der Waals surface area contributed by atoms with E-state index in [4.69, 9.17) is 5.73 Å². The number of hydrogen-bond acceptors (Lipinski definition) is 3. The fourth-order valence-electron chi connectivity index (χ4n) is 2.14. The van der Waals surface area contributed by atoms with Gasteiger partial charge in [-0.2, -0.15) is 0 Å². The Morgan fingerprint density at radius 3 is 2.64 bits per heavy atom. The van der Waals surface area contributed by atoms with E-state index in [0.29, 0.717) is 18.5 Å². The summed E-state index contributed by atoms with van der Waals surface area (Å²) in [5.41, 5.74) is 7.15. The molecule has 4 N–H and O–H groups in total. The van der Waals surface area contributed by atoms with Gasteiger partial charge in [-0.25, -0.2) is 0 Å². The van der Waals surface area contributed by atoms with Crippen molar-refractivity contribution in [2.24, 2.45) is 5.73 Å². The van der Waals surface area contributed by atoms with Gasteiger partial charge in [0.2, 0.25) is 5.91 Å². The Morgan fingerprint density at radius 1 is 1.27 bits per heavy atom. The van der Waals surface area contributed by atoms with Crippen molar-refractivity contribution in [1.82, 2.24) is 10.6 Å². The van der Waals surface area contributed by atoms with E-state index < -0.39 is 6.04 Å². The molecule has 0 aliphatic heterocycles. The second-order valence-corrected chi connectivity index (χ2v) is 5.60. The maximum Gasteiger partial charge on any atom is 0.251 e. The summed E-state index contributed by atoms with van der Waals surface area (Å²) in [7, 11) is 0. The summed E-state index contributed by atoms with van der Waals surface area (Å²) in [5, 5.41) is 5.75. The Morgan fingerprint density at radius 2 is 2.00 bits per heavy atom. The van der Waals surface area contributed by atoms with Gasteiger partial charge in [0, 0.05) is 18.2 Å². The van der Waals surface area contributed by atoms with E-state index in [2.05, 4.69) is 17.6 Å². The first-order valence-corrected chi connectivity index (χ1v) is 7.91. The van der Waals surface area contributed by atoms with Crippen LogP contribution >= 0.6 is 0 Å². The minimum Gasteiger partial charge on any atom is -0.351 e. The van der Waals surface area contributed by atoms with Crippen LogP contribution in [0, 0.1) is 0 Å². The lowest BCUT2D eigenvalue weighted by atomic mass is 10.1. The highest BCUT2D eigenvalue weighted by Gasteiger charge is 2.12. The molecule has 22 heavy (non-hydrogen) atoms. The Balaban J connectivity index is 2.62. The third kappa shape index (κ3) is 5.85. The van der Waals surface area contributed by atoms with Gasteiger partial charge in [-0.15, -0.1) is 0 Å². The number of hydrogen-bond donors (Lipinski definition) is 3. The summed E-state index contributed by atoms with van der Waals surface area (Å²) in [6, 6.07) is 6.94. The van der Waals surface area contributed by atoms with Crippen LogP contribution in [0.15, 0.2) is 24.3 Å². The maximum absolute atomic E-state index is 12.2. The zero-order valence-electron chi connectivity index (χ0n) is 13.7. The van der Waals surface area contributed by atoms with Crippen LogP contribution < -0.4 is 16.4 Å². The fourth-order valence-corrected chi connectivity index (χ4v) is 2.14. The molecule has 1 rings (SSSR count). The summed E-state index contributed by atoms with van der Waals surface area (Å²) < 4.78 is 0. The van der Waals surface area contributed by atoms with Crippen LogP contribution in [-0.2, 0) is 11.3 Å². The summed E-state index contributed by atoms with van der Waals surface area (Å²) >= 11 is 0. The van der Waals surface area contributed by atoms with Gasteiger partial charge < -0.3 is 16.4 Å². The van der Waals surface area contributed by atoms with Gasteiger partial charge in [0.15, 0.2) is 0 Å². The van der Waals surface area contributed by atoms with Crippen LogP contribution in [0.25, 0.3) is 0 Å². The lowest BCUT2D eigenvalue weighted by Crippen LogP contribution is -2.39. The standard InChI is InChI=1S/C17H27N3O2/c1-4-7-12(3)20-16(21)14-9-6-8-13(10-14)11-19-17(22)15(18)5-2/h6,8-10,12,15H,4-5,7,11,18H2,1-3H3,(H,19,22)(H,20,21). The Hall–Kier alpha value is -1.88. The van der Waals surface area contributed by atoms with Crippen molar-refractivity contribution < 1.29 is 9.59 Å². The lowest BCUT2D eigenvalue weighted by Gasteiger charge is -2.14. The van der Waals surface area contributed by atoms with Crippen molar-refractivity contribution >= 4 is 11.8 Å². The van der Waals surface area contributed by atoms with Crippen molar-refractivity contribution in [3.63, 3.8) is 0 Å². The largest absolute Gasteiger partial charge is 0.351 e. The second-order valence-electron chi connectivity index (χ2n) is 5.60. The number of amides is 2. The molecule has 0 saturated heterocycles. The molecule has 0 aliphatic rings. The quantitative estimate of drug-likeness (QED) is 0.686. The molecule has 0 saturated carbocycles. The number of nitrogens with one attached hydrogen (secondary N) is 2. The summed E-state index contributed by atoms with van der Waals surface area (Å²) in [5.74, 6) is -0.256. The van der Waals surface area contributed by atoms with Gasteiger partial charge in [-0.1, -0.05) is 32.4 Å². The molecule has 0 aliphatic carbocycles. The minimum atomic E-state index is -0.485. The molecule has 5 heteroatoms. The second kappa shape index (κ2) is 9.20. The summed E-state index contributed by atoms with van der Waals surface area (Å²) in [4.78, 5) is 23.8. The first-order valence-electron chi connectivity index (χ1n) is 7.91. The smallest absolute Gasteiger partial charge is 0.251 e. The van der Waals surface area contributed by atoms with Crippen LogP contribution in [-0.4, -0.2) is 23.9 Å². The molecule has 0 spiro atoms. The van der Waals surface area contributed by atoms with Gasteiger partial charge in [0.05, 0.1) is 6.04 Å². The molecule has 0 radical (unpaired) electrons. The molecule has 2 unspecified atom stereocenters. The molecule has 122 valence electrons. The third-order valence-electron chi connectivity index (χ3n) is 3.53. The molecule has 1 aromatic rings. The molecular formula is C17H27N3O2. The van der Waals surface area contributed by atoms with Gasteiger partial charge in [-0.05, 0) is 37.5 Å². The summed E-state index contributed by atoms with van der Waals surface area (Å²) in [6.45, 7) is 6.33. The Labute approximate surface area is 132 Å². The monoisotopic (exact) mass is 305 g/mol. The van der Waals surface area contributed by atoms with Crippen molar-refractivity contribution in [2.75, 3.05) is 0 Å². The normalized spacial score (nSPS) is 13.3. The molecule has 2 amide bonds. The molecule has 0 fully saturated rings. The van der Waals surface area contributed by atoms with E-state index in [1.54, 1.807) is 12.1 Å². The molecule has 2 atom stereocenters. The van der Waals surface area contributed by atoms with Crippen LogP contribution in [0.4, 0.5) is 0 Å². The zero-order valence-corrected chi connectivity index (χ0v) is 13.7. The van der Waals surface area contributed by atoms with Crippen molar-refractivity contribution in [1.29, 1.82) is 0 Å². The maximum atomic E-state index is 12.2. The van der Waals surface area contributed by atoms with Crippen LogP contribution in [0.1, 0.15) is 56.0 Å². The van der Waals surface area contributed by atoms with E-state index in [9.17, 15) is 9.59 Å². The van der Waals surface area contributed by atoms with Crippen LogP contribution in [0.3, 0.4) is 0 Å². The van der Waals surface area contributed by atoms with Gasteiger partial charge in [0.25, 0.3) is 5.91 Å². The van der Waals surface area contributed by atoms with E-state index in [1.165, 1.54) is 0 Å². The SMILES string of the molecule is CCCC(C)NC(=O)c1cccc(CNC(=O)C(N)CC)c1. The highest BCUT2D eigenvalue weighted by Crippen LogP contribution is 2.07.